The van der Waals surface area contributed by atoms with Gasteiger partial charge in [0.05, 0.1) is 0 Å². The number of Topliss-reactive ketones (excluding diaryl/α,β-unsaturated/α-hetero) is 2. The number of benzene rings is 2. The Morgan fingerprint density at radius 2 is 1.47 bits per heavy atom. The highest BCUT2D eigenvalue weighted by molar-refractivity contribution is 7.80. The van der Waals surface area contributed by atoms with Crippen molar-refractivity contribution in [2.45, 2.75) is 20.3 Å². The van der Waals surface area contributed by atoms with E-state index in [-0.39, 0.29) is 19.0 Å². The summed E-state index contributed by atoms with van der Waals surface area (Å²) >= 11 is 5.11. The summed E-state index contributed by atoms with van der Waals surface area (Å²) in [4.78, 5) is 28.5. The Labute approximate surface area is 182 Å². The molecule has 2 aliphatic rings. The monoisotopic (exact) mass is 422 g/mol. The molecule has 0 saturated carbocycles. The van der Waals surface area contributed by atoms with E-state index in [2.05, 4.69) is 16.0 Å². The molecule has 0 atom stereocenters. The fraction of sp³-hybridized carbons (Fsp3) is 0.261. The lowest BCUT2D eigenvalue weighted by molar-refractivity contribution is 0.0948. The largest absolute Gasteiger partial charge is 0.367 e. The maximum atomic E-state index is 13.2. The first kappa shape index (κ1) is 21.5. The number of likely N-dealkylation sites (tertiary alicyclic amines) is 1. The Bertz CT molecular complexity index is 1010. The van der Waals surface area contributed by atoms with Crippen molar-refractivity contribution >= 4 is 40.3 Å². The standard InChI is InChI=1S/C22H22N4O2S.CH4/c1-23-22(29)25-15-10-8-14(9-11-15)24-18-19(26-12-4-5-13-26)21(28)17-7-3-2-6-16(17)20(18)27;/h2-3,6-11,24H,4-5,12-13H2,1H3,(H2,23,25,29);1H4. The van der Waals surface area contributed by atoms with Gasteiger partial charge in [0.2, 0.25) is 11.6 Å². The molecule has 156 valence electrons. The first-order valence-electron chi connectivity index (χ1n) is 9.62. The van der Waals surface area contributed by atoms with Gasteiger partial charge in [0.15, 0.2) is 5.11 Å². The zero-order chi connectivity index (χ0) is 20.4. The molecule has 30 heavy (non-hydrogen) atoms. The van der Waals surface area contributed by atoms with E-state index in [1.165, 1.54) is 0 Å². The second-order valence-corrected chi connectivity index (χ2v) is 7.44. The summed E-state index contributed by atoms with van der Waals surface area (Å²) in [6.07, 6.45) is 2.04. The highest BCUT2D eigenvalue weighted by atomic mass is 32.1. The summed E-state index contributed by atoms with van der Waals surface area (Å²) in [5, 5.41) is 9.65. The number of ketones is 2. The molecule has 2 aromatic carbocycles. The quantitative estimate of drug-likeness (QED) is 0.642. The van der Waals surface area contributed by atoms with Crippen LogP contribution in [0.5, 0.6) is 0 Å². The molecule has 1 fully saturated rings. The van der Waals surface area contributed by atoms with Gasteiger partial charge in [-0.15, -0.1) is 0 Å². The molecule has 3 N–H and O–H groups in total. The van der Waals surface area contributed by atoms with E-state index in [1.54, 1.807) is 31.3 Å². The van der Waals surface area contributed by atoms with Gasteiger partial charge in [0.1, 0.15) is 11.4 Å². The van der Waals surface area contributed by atoms with E-state index in [0.29, 0.717) is 27.6 Å². The van der Waals surface area contributed by atoms with Gasteiger partial charge in [0.25, 0.3) is 0 Å². The Hall–Kier alpha value is -3.19. The Kier molecular flexibility index (Phi) is 6.52. The number of thiocarbonyl (C=S) groups is 1. The number of fused-ring (bicyclic) bond motifs is 1. The number of nitrogens with zero attached hydrogens (tertiary/aromatic N) is 1. The topological polar surface area (TPSA) is 73.5 Å². The van der Waals surface area contributed by atoms with Crippen LogP contribution in [0.2, 0.25) is 0 Å². The molecule has 1 saturated heterocycles. The number of nitrogens with one attached hydrogen (secondary N) is 3. The third-order valence-electron chi connectivity index (χ3n) is 5.16. The van der Waals surface area contributed by atoms with Crippen LogP contribution in [0, 0.1) is 0 Å². The molecular weight excluding hydrogens is 396 g/mol. The molecule has 6 nitrogen and oxygen atoms in total. The second-order valence-electron chi connectivity index (χ2n) is 7.03. The van der Waals surface area contributed by atoms with Crippen molar-refractivity contribution in [1.82, 2.24) is 10.2 Å². The molecule has 4 rings (SSSR count). The highest BCUT2D eigenvalue weighted by Crippen LogP contribution is 2.31. The zero-order valence-corrected chi connectivity index (χ0v) is 16.9. The van der Waals surface area contributed by atoms with Crippen molar-refractivity contribution in [1.29, 1.82) is 0 Å². The van der Waals surface area contributed by atoms with Gasteiger partial charge < -0.3 is 20.9 Å². The number of carbonyl (C=O) groups excluding carboxylic acids is 2. The predicted octanol–water partition coefficient (Wildman–Crippen LogP) is 4.04. The molecule has 1 aliphatic carbocycles. The van der Waals surface area contributed by atoms with E-state index in [0.717, 1.165) is 37.3 Å². The Morgan fingerprint density at radius 3 is 2.07 bits per heavy atom. The first-order valence-corrected chi connectivity index (χ1v) is 10.0. The van der Waals surface area contributed by atoms with Crippen LogP contribution >= 0.6 is 12.2 Å². The van der Waals surface area contributed by atoms with Gasteiger partial charge in [-0.05, 0) is 49.3 Å². The van der Waals surface area contributed by atoms with E-state index in [9.17, 15) is 9.59 Å². The number of hydrogen-bond acceptors (Lipinski definition) is 5. The summed E-state index contributed by atoms with van der Waals surface area (Å²) in [5.74, 6) is -0.247. The van der Waals surface area contributed by atoms with Crippen molar-refractivity contribution in [3.8, 4) is 0 Å². The summed E-state index contributed by atoms with van der Waals surface area (Å²) < 4.78 is 0. The summed E-state index contributed by atoms with van der Waals surface area (Å²) in [6.45, 7) is 1.57. The molecule has 0 radical (unpaired) electrons. The summed E-state index contributed by atoms with van der Waals surface area (Å²) in [7, 11) is 1.75. The van der Waals surface area contributed by atoms with E-state index >= 15 is 0 Å². The van der Waals surface area contributed by atoms with Crippen molar-refractivity contribution in [2.24, 2.45) is 0 Å². The summed E-state index contributed by atoms with van der Waals surface area (Å²) in [6, 6.07) is 14.5. The molecule has 2 aromatic rings. The van der Waals surface area contributed by atoms with Gasteiger partial charge in [-0.1, -0.05) is 31.7 Å². The zero-order valence-electron chi connectivity index (χ0n) is 16.1. The van der Waals surface area contributed by atoms with E-state index in [1.807, 2.05) is 29.2 Å². The molecule has 0 aromatic heterocycles. The number of carbonyl (C=O) groups is 2. The van der Waals surface area contributed by atoms with Gasteiger partial charge in [-0.25, -0.2) is 0 Å². The van der Waals surface area contributed by atoms with E-state index in [4.69, 9.17) is 12.2 Å². The number of rotatable bonds is 4. The van der Waals surface area contributed by atoms with Crippen LogP contribution in [-0.2, 0) is 0 Å². The number of hydrogen-bond donors (Lipinski definition) is 3. The second kappa shape index (κ2) is 9.09. The van der Waals surface area contributed by atoms with E-state index < -0.39 is 0 Å². The maximum absolute atomic E-state index is 13.2. The maximum Gasteiger partial charge on any atom is 0.212 e. The van der Waals surface area contributed by atoms with Crippen LogP contribution in [0.25, 0.3) is 0 Å². The predicted molar refractivity (Wildman–Crippen MR) is 125 cm³/mol. The summed E-state index contributed by atoms with van der Waals surface area (Å²) in [5.41, 5.74) is 3.32. The Morgan fingerprint density at radius 1 is 0.900 bits per heavy atom. The first-order chi connectivity index (χ1) is 14.1. The van der Waals surface area contributed by atoms with Crippen molar-refractivity contribution in [3.63, 3.8) is 0 Å². The number of allylic oxidation sites excluding steroid dienone is 2. The van der Waals surface area contributed by atoms with Gasteiger partial charge in [0, 0.05) is 42.6 Å². The van der Waals surface area contributed by atoms with Crippen LogP contribution in [-0.4, -0.2) is 41.7 Å². The minimum Gasteiger partial charge on any atom is -0.367 e. The Balaban J connectivity index is 0.00000256. The van der Waals surface area contributed by atoms with Crippen molar-refractivity contribution in [2.75, 3.05) is 30.8 Å². The SMILES string of the molecule is C.CNC(=S)Nc1ccc(NC2=C(N3CCCC3)C(=O)c3ccccc3C2=O)cc1. The van der Waals surface area contributed by atoms with Gasteiger partial charge in [-0.2, -0.15) is 0 Å². The third kappa shape index (κ3) is 4.07. The van der Waals surface area contributed by atoms with Crippen molar-refractivity contribution in [3.05, 3.63) is 71.1 Å². The average Bonchev–Trinajstić information content (AvgIpc) is 3.27. The van der Waals surface area contributed by atoms with Crippen LogP contribution in [0.4, 0.5) is 11.4 Å². The molecule has 0 bridgehead atoms. The highest BCUT2D eigenvalue weighted by Gasteiger charge is 2.36. The molecular formula is C23H26N4O2S. The molecule has 0 spiro atoms. The minimum atomic E-state index is -0.152. The fourth-order valence-corrected chi connectivity index (χ4v) is 3.81. The smallest absolute Gasteiger partial charge is 0.212 e. The lowest BCUT2D eigenvalue weighted by Gasteiger charge is -2.28. The van der Waals surface area contributed by atoms with Crippen LogP contribution in [0.3, 0.4) is 0 Å². The number of anilines is 2. The van der Waals surface area contributed by atoms with Crippen molar-refractivity contribution < 1.29 is 9.59 Å². The van der Waals surface area contributed by atoms with Gasteiger partial charge >= 0.3 is 0 Å². The fourth-order valence-electron chi connectivity index (χ4n) is 3.70. The third-order valence-corrected chi connectivity index (χ3v) is 5.46. The molecule has 0 amide bonds. The molecule has 0 unspecified atom stereocenters. The van der Waals surface area contributed by atoms with Gasteiger partial charge in [-0.3, -0.25) is 9.59 Å². The average molecular weight is 423 g/mol. The lowest BCUT2D eigenvalue weighted by Crippen LogP contribution is -2.35. The van der Waals surface area contributed by atoms with Crippen LogP contribution in [0.1, 0.15) is 41.0 Å². The van der Waals surface area contributed by atoms with Crippen LogP contribution in [0.15, 0.2) is 59.9 Å². The van der Waals surface area contributed by atoms with Crippen LogP contribution < -0.4 is 16.0 Å². The lowest BCUT2D eigenvalue weighted by atomic mass is 9.89. The normalized spacial score (nSPS) is 15.4. The molecule has 1 aliphatic heterocycles. The molecule has 1 heterocycles. The molecule has 7 heteroatoms. The minimum absolute atomic E-state index is 0.